The number of anilines is 1. The summed E-state index contributed by atoms with van der Waals surface area (Å²) in [7, 11) is 2.91. The van der Waals surface area contributed by atoms with Gasteiger partial charge in [0.1, 0.15) is 11.9 Å². The molecule has 0 bridgehead atoms. The zero-order valence-corrected chi connectivity index (χ0v) is 12.3. The molecule has 1 N–H and O–H groups in total. The van der Waals surface area contributed by atoms with Crippen molar-refractivity contribution in [3.05, 3.63) is 26.4 Å². The highest BCUT2D eigenvalue weighted by molar-refractivity contribution is 5.51. The van der Waals surface area contributed by atoms with Gasteiger partial charge in [-0.15, -0.1) is 0 Å². The molecule has 1 saturated heterocycles. The Morgan fingerprint density at radius 1 is 1.24 bits per heavy atom. The molecule has 114 valence electrons. The van der Waals surface area contributed by atoms with Gasteiger partial charge in [-0.05, 0) is 0 Å². The van der Waals surface area contributed by atoms with Crippen molar-refractivity contribution in [2.24, 2.45) is 14.1 Å². The van der Waals surface area contributed by atoms with Crippen LogP contribution in [0.1, 0.15) is 5.56 Å². The monoisotopic (exact) mass is 293 g/mol. The molecule has 1 aliphatic rings. The van der Waals surface area contributed by atoms with Crippen molar-refractivity contribution >= 4 is 5.82 Å². The molecule has 0 amide bonds. The standard InChI is InChI=1S/C13H19N5O3/c1-16-11(10(9-14)12(19)17(2)13(16)20)15-3-4-18-5-7-21-8-6-18/h15H,3-8H2,1-2H3. The highest BCUT2D eigenvalue weighted by Crippen LogP contribution is 2.06. The number of nitrogens with zero attached hydrogens (tertiary/aromatic N) is 4. The minimum absolute atomic E-state index is 0.0402. The van der Waals surface area contributed by atoms with Gasteiger partial charge in [0.15, 0.2) is 5.56 Å². The number of morpholine rings is 1. The van der Waals surface area contributed by atoms with Crippen LogP contribution < -0.4 is 16.6 Å². The van der Waals surface area contributed by atoms with Gasteiger partial charge in [-0.25, -0.2) is 4.79 Å². The first-order valence-corrected chi connectivity index (χ1v) is 6.80. The fraction of sp³-hybridized carbons (Fsp3) is 0.615. The molecular formula is C13H19N5O3. The molecule has 1 aromatic rings. The molecule has 0 aliphatic carbocycles. The van der Waals surface area contributed by atoms with Gasteiger partial charge in [-0.2, -0.15) is 5.26 Å². The lowest BCUT2D eigenvalue weighted by atomic mass is 10.3. The number of aromatic nitrogens is 2. The van der Waals surface area contributed by atoms with Gasteiger partial charge in [0.25, 0.3) is 5.56 Å². The summed E-state index contributed by atoms with van der Waals surface area (Å²) in [5.41, 5.74) is -1.07. The van der Waals surface area contributed by atoms with Gasteiger partial charge in [-0.1, -0.05) is 0 Å². The second-order valence-electron chi connectivity index (χ2n) is 4.92. The second kappa shape index (κ2) is 6.56. The summed E-state index contributed by atoms with van der Waals surface area (Å²) < 4.78 is 7.50. The minimum atomic E-state index is -0.575. The molecule has 1 aromatic heterocycles. The van der Waals surface area contributed by atoms with Crippen molar-refractivity contribution in [1.29, 1.82) is 5.26 Å². The Hall–Kier alpha value is -2.11. The minimum Gasteiger partial charge on any atom is -0.379 e. The van der Waals surface area contributed by atoms with E-state index >= 15 is 0 Å². The third-order valence-corrected chi connectivity index (χ3v) is 3.60. The van der Waals surface area contributed by atoms with Gasteiger partial charge in [0.2, 0.25) is 0 Å². The maximum atomic E-state index is 11.9. The SMILES string of the molecule is Cn1c(NCCN2CCOCC2)c(C#N)c(=O)n(C)c1=O. The third kappa shape index (κ3) is 3.15. The smallest absolute Gasteiger partial charge is 0.332 e. The van der Waals surface area contributed by atoms with Crippen LogP contribution in [0, 0.1) is 11.3 Å². The highest BCUT2D eigenvalue weighted by Gasteiger charge is 2.15. The quantitative estimate of drug-likeness (QED) is 0.742. The van der Waals surface area contributed by atoms with Crippen LogP contribution in [-0.2, 0) is 18.8 Å². The molecule has 0 saturated carbocycles. The lowest BCUT2D eigenvalue weighted by Gasteiger charge is -2.26. The van der Waals surface area contributed by atoms with E-state index < -0.39 is 11.2 Å². The Balaban J connectivity index is 2.14. The van der Waals surface area contributed by atoms with Crippen LogP contribution >= 0.6 is 0 Å². The highest BCUT2D eigenvalue weighted by atomic mass is 16.5. The molecule has 2 heterocycles. The van der Waals surface area contributed by atoms with Crippen molar-refractivity contribution in [2.75, 3.05) is 44.7 Å². The number of nitriles is 1. The lowest BCUT2D eigenvalue weighted by Crippen LogP contribution is -2.41. The summed E-state index contributed by atoms with van der Waals surface area (Å²) in [5.74, 6) is 0.277. The fourth-order valence-corrected chi connectivity index (χ4v) is 2.31. The predicted molar refractivity (Wildman–Crippen MR) is 77.4 cm³/mol. The van der Waals surface area contributed by atoms with Crippen molar-refractivity contribution < 1.29 is 4.74 Å². The first kappa shape index (κ1) is 15.3. The van der Waals surface area contributed by atoms with E-state index in [1.54, 1.807) is 7.05 Å². The Morgan fingerprint density at radius 2 is 1.90 bits per heavy atom. The van der Waals surface area contributed by atoms with E-state index in [0.29, 0.717) is 19.8 Å². The van der Waals surface area contributed by atoms with Crippen LogP contribution in [0.3, 0.4) is 0 Å². The normalized spacial score (nSPS) is 15.7. The topological polar surface area (TPSA) is 92.3 Å². The van der Waals surface area contributed by atoms with Crippen LogP contribution in [0.4, 0.5) is 5.82 Å². The molecule has 1 fully saturated rings. The van der Waals surface area contributed by atoms with Gasteiger partial charge < -0.3 is 10.1 Å². The predicted octanol–water partition coefficient (Wildman–Crippen LogP) is -1.30. The second-order valence-corrected chi connectivity index (χ2v) is 4.92. The average molecular weight is 293 g/mol. The van der Waals surface area contributed by atoms with E-state index in [2.05, 4.69) is 10.2 Å². The molecule has 0 atom stereocenters. The van der Waals surface area contributed by atoms with Gasteiger partial charge in [0, 0.05) is 40.3 Å². The molecule has 2 rings (SSSR count). The van der Waals surface area contributed by atoms with E-state index in [9.17, 15) is 9.59 Å². The van der Waals surface area contributed by atoms with Gasteiger partial charge >= 0.3 is 5.69 Å². The summed E-state index contributed by atoms with van der Waals surface area (Å²) >= 11 is 0. The molecular weight excluding hydrogens is 274 g/mol. The molecule has 1 aliphatic heterocycles. The van der Waals surface area contributed by atoms with E-state index in [1.165, 1.54) is 11.6 Å². The summed E-state index contributed by atoms with van der Waals surface area (Å²) in [4.78, 5) is 26.0. The summed E-state index contributed by atoms with van der Waals surface area (Å²) in [5, 5.41) is 12.2. The Kier molecular flexibility index (Phi) is 4.77. The molecule has 0 radical (unpaired) electrons. The van der Waals surface area contributed by atoms with E-state index in [4.69, 9.17) is 10.00 Å². The van der Waals surface area contributed by atoms with Crippen molar-refractivity contribution in [2.45, 2.75) is 0 Å². The third-order valence-electron chi connectivity index (χ3n) is 3.60. The van der Waals surface area contributed by atoms with Gasteiger partial charge in [0.05, 0.1) is 13.2 Å². The van der Waals surface area contributed by atoms with Crippen LogP contribution in [0.5, 0.6) is 0 Å². The van der Waals surface area contributed by atoms with Crippen LogP contribution in [0.15, 0.2) is 9.59 Å². The fourth-order valence-electron chi connectivity index (χ4n) is 2.31. The molecule has 8 nitrogen and oxygen atoms in total. The Morgan fingerprint density at radius 3 is 2.52 bits per heavy atom. The van der Waals surface area contributed by atoms with E-state index in [0.717, 1.165) is 24.2 Å². The maximum Gasteiger partial charge on any atom is 0.332 e. The van der Waals surface area contributed by atoms with Crippen LogP contribution in [0.25, 0.3) is 0 Å². The molecule has 21 heavy (non-hydrogen) atoms. The molecule has 0 spiro atoms. The summed E-state index contributed by atoms with van der Waals surface area (Å²) in [6, 6.07) is 1.87. The van der Waals surface area contributed by atoms with Crippen molar-refractivity contribution in [1.82, 2.24) is 14.0 Å². The van der Waals surface area contributed by atoms with Crippen molar-refractivity contribution in [3.63, 3.8) is 0 Å². The van der Waals surface area contributed by atoms with E-state index in [1.807, 2.05) is 6.07 Å². The maximum absolute atomic E-state index is 11.9. The lowest BCUT2D eigenvalue weighted by molar-refractivity contribution is 0.0398. The number of hydrogen-bond acceptors (Lipinski definition) is 6. The van der Waals surface area contributed by atoms with E-state index in [-0.39, 0.29) is 11.4 Å². The number of rotatable bonds is 4. The Labute approximate surface area is 122 Å². The molecule has 0 aromatic carbocycles. The van der Waals surface area contributed by atoms with Crippen molar-refractivity contribution in [3.8, 4) is 6.07 Å². The molecule has 0 unspecified atom stereocenters. The molecule has 8 heteroatoms. The first-order valence-electron chi connectivity index (χ1n) is 6.80. The average Bonchev–Trinajstić information content (AvgIpc) is 2.51. The van der Waals surface area contributed by atoms with Crippen LogP contribution in [-0.4, -0.2) is 53.4 Å². The largest absolute Gasteiger partial charge is 0.379 e. The van der Waals surface area contributed by atoms with Crippen LogP contribution in [0.2, 0.25) is 0 Å². The zero-order valence-electron chi connectivity index (χ0n) is 12.3. The number of nitrogens with one attached hydrogen (secondary N) is 1. The van der Waals surface area contributed by atoms with Gasteiger partial charge in [-0.3, -0.25) is 18.8 Å². The number of hydrogen-bond donors (Lipinski definition) is 1. The first-order chi connectivity index (χ1) is 10.1. The number of ether oxygens (including phenoxy) is 1. The zero-order chi connectivity index (χ0) is 15.4. The summed E-state index contributed by atoms with van der Waals surface area (Å²) in [6.07, 6.45) is 0. The Bertz CT molecular complexity index is 664. The summed E-state index contributed by atoms with van der Waals surface area (Å²) in [6.45, 7) is 4.47.